The van der Waals surface area contributed by atoms with Crippen LogP contribution < -0.4 is 4.90 Å². The summed E-state index contributed by atoms with van der Waals surface area (Å²) in [4.78, 5) is 2.55. The van der Waals surface area contributed by atoms with Crippen molar-refractivity contribution in [2.45, 2.75) is 98.7 Å². The summed E-state index contributed by atoms with van der Waals surface area (Å²) < 4.78 is 30.1. The van der Waals surface area contributed by atoms with E-state index in [1.807, 2.05) is 59.7 Å². The number of benzene rings is 1. The summed E-state index contributed by atoms with van der Waals surface area (Å²) in [5.74, 6) is 0.307. The summed E-state index contributed by atoms with van der Waals surface area (Å²) in [5.41, 5.74) is 1.84. The van der Waals surface area contributed by atoms with Gasteiger partial charge in [0.1, 0.15) is 0 Å². The molecule has 0 N–H and O–H groups in total. The van der Waals surface area contributed by atoms with Crippen LogP contribution in [0.1, 0.15) is 87.1 Å². The minimum Gasteiger partial charge on any atom is -0.372 e. The Morgan fingerprint density at radius 2 is 1.46 bits per heavy atom. The highest BCUT2D eigenvalue weighted by atomic mass is 32.2. The average molecular weight is 416 g/mol. The summed E-state index contributed by atoms with van der Waals surface area (Å²) >= 11 is 0. The fourth-order valence-electron chi connectivity index (χ4n) is 2.82. The molecule has 0 bridgehead atoms. The number of rotatable bonds is 3. The van der Waals surface area contributed by atoms with Crippen LogP contribution in [0.2, 0.25) is 0 Å². The molecule has 0 amide bonds. The molecule has 0 aliphatic carbocycles. The van der Waals surface area contributed by atoms with Crippen LogP contribution in [0, 0.1) is 0 Å². The molecule has 0 spiro atoms. The van der Waals surface area contributed by atoms with Crippen LogP contribution in [0.3, 0.4) is 0 Å². The van der Waals surface area contributed by atoms with Crippen molar-refractivity contribution < 1.29 is 13.2 Å². The van der Waals surface area contributed by atoms with E-state index in [0.717, 1.165) is 11.3 Å². The molecular formula is C23H45NO3S. The Morgan fingerprint density at radius 3 is 1.82 bits per heavy atom. The smallest absolute Gasteiger partial charge is 0.177 e. The van der Waals surface area contributed by atoms with Crippen molar-refractivity contribution in [3.63, 3.8) is 0 Å². The van der Waals surface area contributed by atoms with Crippen molar-refractivity contribution in [2.24, 2.45) is 0 Å². The van der Waals surface area contributed by atoms with Gasteiger partial charge in [-0.25, -0.2) is 8.42 Å². The van der Waals surface area contributed by atoms with Crippen molar-refractivity contribution in [1.29, 1.82) is 0 Å². The van der Waals surface area contributed by atoms with E-state index in [9.17, 15) is 8.42 Å². The summed E-state index contributed by atoms with van der Waals surface area (Å²) in [5, 5.41) is 0. The molecule has 1 fully saturated rings. The average Bonchev–Trinajstić information content (AvgIpc) is 2.63. The van der Waals surface area contributed by atoms with Crippen LogP contribution in [-0.4, -0.2) is 40.0 Å². The van der Waals surface area contributed by atoms with Crippen LogP contribution in [0.5, 0.6) is 0 Å². The Bertz CT molecular complexity index is 617. The van der Waals surface area contributed by atoms with E-state index >= 15 is 0 Å². The Balaban J connectivity index is 0. The first-order valence-electron chi connectivity index (χ1n) is 10.8. The van der Waals surface area contributed by atoms with E-state index in [1.54, 1.807) is 0 Å². The second-order valence-corrected chi connectivity index (χ2v) is 9.01. The summed E-state index contributed by atoms with van der Waals surface area (Å²) in [6.07, 6.45) is 2.74. The number of hydrogen-bond acceptors (Lipinski definition) is 4. The normalized spacial score (nSPS) is 18.8. The van der Waals surface area contributed by atoms with Crippen molar-refractivity contribution in [3.05, 3.63) is 23.8 Å². The summed E-state index contributed by atoms with van der Waals surface area (Å²) in [7, 11) is -3.26. The highest BCUT2D eigenvalue weighted by Crippen LogP contribution is 2.31. The monoisotopic (exact) mass is 415 g/mol. The van der Waals surface area contributed by atoms with Gasteiger partial charge in [0.2, 0.25) is 0 Å². The highest BCUT2D eigenvalue weighted by Gasteiger charge is 2.26. The molecule has 0 aromatic heterocycles. The molecule has 166 valence electrons. The highest BCUT2D eigenvalue weighted by molar-refractivity contribution is 7.90. The van der Waals surface area contributed by atoms with Crippen molar-refractivity contribution in [2.75, 3.05) is 24.2 Å². The van der Waals surface area contributed by atoms with E-state index in [4.69, 9.17) is 4.74 Å². The molecule has 1 saturated heterocycles. The number of anilines is 1. The van der Waals surface area contributed by atoms with Gasteiger partial charge in [0.15, 0.2) is 9.84 Å². The van der Waals surface area contributed by atoms with Crippen molar-refractivity contribution in [3.8, 4) is 0 Å². The third-order valence-electron chi connectivity index (χ3n) is 3.81. The first kappa shape index (κ1) is 29.1. The van der Waals surface area contributed by atoms with Gasteiger partial charge in [-0.1, -0.05) is 67.9 Å². The number of sulfone groups is 1. The van der Waals surface area contributed by atoms with Crippen LogP contribution in [-0.2, 0) is 14.6 Å². The molecule has 2 unspecified atom stereocenters. The van der Waals surface area contributed by atoms with E-state index in [0.29, 0.717) is 23.9 Å². The van der Waals surface area contributed by atoms with Gasteiger partial charge in [-0.2, -0.15) is 0 Å². The van der Waals surface area contributed by atoms with Gasteiger partial charge in [-0.3, -0.25) is 0 Å². The van der Waals surface area contributed by atoms with Crippen LogP contribution >= 0.6 is 0 Å². The van der Waals surface area contributed by atoms with E-state index in [2.05, 4.69) is 32.6 Å². The van der Waals surface area contributed by atoms with Gasteiger partial charge < -0.3 is 9.64 Å². The largest absolute Gasteiger partial charge is 0.372 e. The SMILES string of the molecule is CC.CC.CC1CN(c2ccc(C(C)C)cc2S(C)(=O)=O)CC(C)O1.CCC. The fourth-order valence-corrected chi connectivity index (χ4v) is 3.75. The molecule has 0 radical (unpaired) electrons. The lowest BCUT2D eigenvalue weighted by atomic mass is 10.0. The molecule has 2 rings (SSSR count). The molecule has 1 heterocycles. The molecule has 1 aliphatic heterocycles. The summed E-state index contributed by atoms with van der Waals surface area (Å²) in [6, 6.07) is 5.79. The topological polar surface area (TPSA) is 46.6 Å². The molecular weight excluding hydrogens is 370 g/mol. The van der Waals surface area contributed by atoms with Crippen LogP contribution in [0.15, 0.2) is 23.1 Å². The third kappa shape index (κ3) is 9.92. The molecule has 5 heteroatoms. The Hall–Kier alpha value is -1.07. The zero-order valence-corrected chi connectivity index (χ0v) is 21.0. The molecule has 0 saturated carbocycles. The van der Waals surface area contributed by atoms with Crippen LogP contribution in [0.4, 0.5) is 5.69 Å². The second kappa shape index (κ2) is 14.9. The molecule has 2 atom stereocenters. The lowest BCUT2D eigenvalue weighted by Gasteiger charge is -2.37. The molecule has 1 aliphatic rings. The van der Waals surface area contributed by atoms with Gasteiger partial charge >= 0.3 is 0 Å². The minimum absolute atomic E-state index is 0.103. The van der Waals surface area contributed by atoms with Gasteiger partial charge in [-0.15, -0.1) is 0 Å². The second-order valence-electron chi connectivity index (χ2n) is 7.02. The zero-order valence-electron chi connectivity index (χ0n) is 20.2. The quantitative estimate of drug-likeness (QED) is 0.581. The predicted molar refractivity (Wildman–Crippen MR) is 125 cm³/mol. The predicted octanol–water partition coefficient (Wildman–Crippen LogP) is 6.30. The lowest BCUT2D eigenvalue weighted by molar-refractivity contribution is -0.00537. The lowest BCUT2D eigenvalue weighted by Crippen LogP contribution is -2.46. The molecule has 1 aromatic carbocycles. The Kier molecular flexibility index (Phi) is 15.5. The molecule has 1 aromatic rings. The van der Waals surface area contributed by atoms with E-state index < -0.39 is 9.84 Å². The van der Waals surface area contributed by atoms with Crippen molar-refractivity contribution in [1.82, 2.24) is 0 Å². The third-order valence-corrected chi connectivity index (χ3v) is 4.94. The standard InChI is InChI=1S/C16H25NO3S.C3H8.2C2H6/c1-11(2)14-6-7-15(16(8-14)21(5,18)19)17-9-12(3)20-13(4)10-17;1-3-2;2*1-2/h6-8,11-13H,9-10H2,1-5H3;3H2,1-2H3;2*1-2H3. The number of ether oxygens (including phenoxy) is 1. The van der Waals surface area contributed by atoms with Crippen LogP contribution in [0.25, 0.3) is 0 Å². The fraction of sp³-hybridized carbons (Fsp3) is 0.739. The number of hydrogen-bond donors (Lipinski definition) is 0. The maximum absolute atomic E-state index is 12.2. The molecule has 28 heavy (non-hydrogen) atoms. The number of morpholine rings is 1. The van der Waals surface area contributed by atoms with E-state index in [1.165, 1.54) is 12.7 Å². The van der Waals surface area contributed by atoms with Gasteiger partial charge in [0.05, 0.1) is 22.8 Å². The van der Waals surface area contributed by atoms with Crippen molar-refractivity contribution >= 4 is 15.5 Å². The zero-order chi connectivity index (χ0) is 22.5. The van der Waals surface area contributed by atoms with Gasteiger partial charge in [0, 0.05) is 19.3 Å². The first-order valence-corrected chi connectivity index (χ1v) is 12.7. The molecule has 4 nitrogen and oxygen atoms in total. The van der Waals surface area contributed by atoms with Gasteiger partial charge in [-0.05, 0) is 37.5 Å². The Labute approximate surface area is 175 Å². The van der Waals surface area contributed by atoms with Gasteiger partial charge in [0.25, 0.3) is 0 Å². The van der Waals surface area contributed by atoms with E-state index in [-0.39, 0.29) is 12.2 Å². The Morgan fingerprint density at radius 1 is 1.04 bits per heavy atom. The summed E-state index contributed by atoms with van der Waals surface area (Å²) in [6.45, 7) is 21.9. The number of nitrogens with zero attached hydrogens (tertiary/aromatic N) is 1. The maximum Gasteiger partial charge on any atom is 0.177 e. The minimum atomic E-state index is -3.26. The maximum atomic E-state index is 12.2. The first-order chi connectivity index (χ1) is 13.1.